The van der Waals surface area contributed by atoms with E-state index in [4.69, 9.17) is 13.8 Å². The van der Waals surface area contributed by atoms with Crippen molar-refractivity contribution >= 4 is 27.7 Å². The van der Waals surface area contributed by atoms with Gasteiger partial charge in [0, 0.05) is 20.2 Å². The van der Waals surface area contributed by atoms with Gasteiger partial charge in [-0.1, -0.05) is 103 Å². The predicted molar refractivity (Wildman–Crippen MR) is 173 cm³/mol. The summed E-state index contributed by atoms with van der Waals surface area (Å²) in [6.45, 7) is 6.96. The van der Waals surface area contributed by atoms with Crippen LogP contribution in [0.25, 0.3) is 0 Å². The summed E-state index contributed by atoms with van der Waals surface area (Å²) >= 11 is 1.66. The number of aliphatic hydroxyl groups excluding tert-OH is 1. The SMILES string of the molecule is C[Si](C)(C)CCCCCCCCCCCCCCCSCCOP(=O)(O)OC[C@H]1O[C@@H](n2cc(F)c(=O)[nH]c2=O)C[C@@H]1O. The molecule has 0 radical (unpaired) electrons. The Bertz CT molecular complexity index is 1090. The zero-order valence-corrected chi connectivity index (χ0v) is 29.0. The maximum atomic E-state index is 13.6. The first-order valence-electron chi connectivity index (χ1n) is 15.9. The van der Waals surface area contributed by atoms with Crippen molar-refractivity contribution in [3.63, 3.8) is 0 Å². The van der Waals surface area contributed by atoms with Crippen molar-refractivity contribution in [2.45, 2.75) is 134 Å². The minimum Gasteiger partial charge on any atom is -0.390 e. The number of phosphoric acid groups is 1. The lowest BCUT2D eigenvalue weighted by atomic mass is 10.0. The van der Waals surface area contributed by atoms with Crippen LogP contribution >= 0.6 is 19.6 Å². The lowest BCUT2D eigenvalue weighted by Crippen LogP contribution is -2.34. The first-order valence-corrected chi connectivity index (χ1v) is 22.3. The molecule has 3 N–H and O–H groups in total. The van der Waals surface area contributed by atoms with Gasteiger partial charge in [0.2, 0.25) is 5.82 Å². The quantitative estimate of drug-likeness (QED) is 0.0631. The smallest absolute Gasteiger partial charge is 0.390 e. The fourth-order valence-electron chi connectivity index (χ4n) is 5.03. The Balaban J connectivity index is 1.41. The summed E-state index contributed by atoms with van der Waals surface area (Å²) in [4.78, 5) is 34.9. The van der Waals surface area contributed by atoms with Gasteiger partial charge < -0.3 is 14.7 Å². The Kier molecular flexibility index (Phi) is 18.2. The van der Waals surface area contributed by atoms with Crippen LogP contribution in [-0.2, 0) is 18.3 Å². The van der Waals surface area contributed by atoms with E-state index in [-0.39, 0.29) is 13.0 Å². The van der Waals surface area contributed by atoms with Gasteiger partial charge in [-0.15, -0.1) is 0 Å². The van der Waals surface area contributed by atoms with Gasteiger partial charge >= 0.3 is 13.5 Å². The maximum absolute atomic E-state index is 13.6. The van der Waals surface area contributed by atoms with Crippen LogP contribution in [0.3, 0.4) is 0 Å². The normalized spacial score (nSPS) is 20.5. The largest absolute Gasteiger partial charge is 0.472 e. The highest BCUT2D eigenvalue weighted by Crippen LogP contribution is 2.44. The van der Waals surface area contributed by atoms with E-state index >= 15 is 0 Å². The number of hydrogen-bond donors (Lipinski definition) is 3. The van der Waals surface area contributed by atoms with E-state index in [1.807, 2.05) is 4.98 Å². The molecule has 10 nitrogen and oxygen atoms in total. The molecule has 0 aromatic carbocycles. The number of aromatic amines is 1. The lowest BCUT2D eigenvalue weighted by Gasteiger charge is -2.18. The van der Waals surface area contributed by atoms with Gasteiger partial charge in [0.05, 0.1) is 25.5 Å². The summed E-state index contributed by atoms with van der Waals surface area (Å²) in [5, 5.41) is 10.2. The molecule has 1 aliphatic heterocycles. The van der Waals surface area contributed by atoms with Crippen molar-refractivity contribution in [2.24, 2.45) is 0 Å². The predicted octanol–water partition coefficient (Wildman–Crippen LogP) is 6.60. The number of nitrogens with zero attached hydrogens (tertiary/aromatic N) is 1. The van der Waals surface area contributed by atoms with Crippen LogP contribution in [0.1, 0.15) is 96.1 Å². The van der Waals surface area contributed by atoms with E-state index in [1.165, 1.54) is 83.1 Å². The third-order valence-corrected chi connectivity index (χ3v) is 11.4. The molecule has 2 heterocycles. The summed E-state index contributed by atoms with van der Waals surface area (Å²) in [6, 6.07) is 1.47. The first-order chi connectivity index (χ1) is 20.4. The number of ether oxygens (including phenoxy) is 1. The molecule has 1 aromatic heterocycles. The van der Waals surface area contributed by atoms with Crippen molar-refractivity contribution in [3.05, 3.63) is 32.9 Å². The Morgan fingerprint density at radius 3 is 2.12 bits per heavy atom. The molecule has 2 rings (SSSR count). The highest BCUT2D eigenvalue weighted by Gasteiger charge is 2.37. The van der Waals surface area contributed by atoms with Crippen LogP contribution in [0, 0.1) is 5.82 Å². The van der Waals surface area contributed by atoms with Gasteiger partial charge in [-0.25, -0.2) is 9.36 Å². The number of rotatable bonds is 24. The van der Waals surface area contributed by atoms with Gasteiger partial charge in [0.1, 0.15) is 12.3 Å². The van der Waals surface area contributed by atoms with E-state index in [1.54, 1.807) is 11.8 Å². The Morgan fingerprint density at radius 1 is 0.977 bits per heavy atom. The molecular formula is C29H54FN2O8PSSi. The van der Waals surface area contributed by atoms with Crippen molar-refractivity contribution < 1.29 is 32.7 Å². The topological polar surface area (TPSA) is 140 Å². The van der Waals surface area contributed by atoms with Crippen LogP contribution in [0.15, 0.2) is 15.8 Å². The highest BCUT2D eigenvalue weighted by molar-refractivity contribution is 7.99. The molecule has 0 saturated carbocycles. The van der Waals surface area contributed by atoms with Crippen LogP contribution < -0.4 is 11.2 Å². The second-order valence-electron chi connectivity index (χ2n) is 12.7. The molecule has 0 spiro atoms. The van der Waals surface area contributed by atoms with E-state index < -0.39 is 58.0 Å². The van der Waals surface area contributed by atoms with Crippen molar-refractivity contribution in [3.8, 4) is 0 Å². The average molecular weight is 669 g/mol. The fraction of sp³-hybridized carbons (Fsp3) is 0.862. The molecule has 14 heteroatoms. The molecular weight excluding hydrogens is 614 g/mol. The maximum Gasteiger partial charge on any atom is 0.472 e. The third-order valence-electron chi connectivity index (χ3n) is 7.54. The number of hydrogen-bond acceptors (Lipinski definition) is 8. The molecule has 0 bridgehead atoms. The molecule has 4 atom stereocenters. The number of phosphoric ester groups is 1. The van der Waals surface area contributed by atoms with E-state index in [0.717, 1.165) is 16.7 Å². The van der Waals surface area contributed by atoms with Crippen molar-refractivity contribution in [1.29, 1.82) is 0 Å². The molecule has 250 valence electrons. The second kappa shape index (κ2) is 20.4. The fourth-order valence-corrected chi connectivity index (χ4v) is 8.01. The Hall–Kier alpha value is -0.793. The van der Waals surface area contributed by atoms with Gasteiger partial charge in [-0.05, 0) is 12.2 Å². The minimum absolute atomic E-state index is 0.0413. The van der Waals surface area contributed by atoms with E-state index in [0.29, 0.717) is 11.9 Å². The molecule has 43 heavy (non-hydrogen) atoms. The average Bonchev–Trinajstić information content (AvgIpc) is 3.30. The van der Waals surface area contributed by atoms with Crippen molar-refractivity contribution in [2.75, 3.05) is 24.7 Å². The van der Waals surface area contributed by atoms with Gasteiger partial charge in [-0.3, -0.25) is 23.4 Å². The molecule has 1 fully saturated rings. The summed E-state index contributed by atoms with van der Waals surface area (Å²) in [5.74, 6) is 0.345. The molecule has 1 aromatic rings. The highest BCUT2D eigenvalue weighted by atomic mass is 32.2. The first kappa shape index (κ1) is 38.4. The molecule has 1 saturated heterocycles. The Morgan fingerprint density at radius 2 is 1.53 bits per heavy atom. The number of halogens is 1. The number of aliphatic hydroxyl groups is 1. The van der Waals surface area contributed by atoms with Gasteiger partial charge in [0.25, 0.3) is 5.56 Å². The number of thioether (sulfide) groups is 1. The Labute approximate surface area is 261 Å². The second-order valence-corrected chi connectivity index (χ2v) is 21.0. The summed E-state index contributed by atoms with van der Waals surface area (Å²) < 4.78 is 42.0. The third kappa shape index (κ3) is 16.9. The zero-order chi connectivity index (χ0) is 31.7. The monoisotopic (exact) mass is 668 g/mol. The summed E-state index contributed by atoms with van der Waals surface area (Å²) in [5.41, 5.74) is -2.05. The summed E-state index contributed by atoms with van der Waals surface area (Å²) in [7, 11) is -5.21. The standard InChI is InChI=1S/C29H54FN2O8PSSi/c1-43(2,3)20-16-14-12-10-8-6-4-5-7-9-11-13-15-18-42-19-17-38-41(36,37)39-23-26-25(33)21-27(40-26)32-22-24(30)28(34)31-29(32)35/h22,25-27,33H,4-21,23H2,1-3H3,(H,36,37)(H,31,34,35)/t25-,26+,27+/m0/s1. The molecule has 0 aliphatic carbocycles. The number of unbranched alkanes of at least 4 members (excludes halogenated alkanes) is 12. The van der Waals surface area contributed by atoms with Crippen LogP contribution in [0.2, 0.25) is 25.7 Å². The van der Waals surface area contributed by atoms with Gasteiger partial charge in [0.15, 0.2) is 0 Å². The van der Waals surface area contributed by atoms with Crippen molar-refractivity contribution in [1.82, 2.24) is 9.55 Å². The summed E-state index contributed by atoms with van der Waals surface area (Å²) in [6.07, 6.45) is 14.6. The minimum atomic E-state index is -4.36. The lowest BCUT2D eigenvalue weighted by molar-refractivity contribution is -0.0465. The number of H-pyrrole nitrogens is 1. The van der Waals surface area contributed by atoms with Crippen LogP contribution in [0.5, 0.6) is 0 Å². The zero-order valence-electron chi connectivity index (χ0n) is 26.3. The van der Waals surface area contributed by atoms with Gasteiger partial charge in [-0.2, -0.15) is 16.2 Å². The molecule has 1 aliphatic rings. The van der Waals surface area contributed by atoms with Crippen LogP contribution in [0.4, 0.5) is 4.39 Å². The van der Waals surface area contributed by atoms with E-state index in [9.17, 15) is 28.5 Å². The number of aromatic nitrogens is 2. The molecule has 1 unspecified atom stereocenters. The number of nitrogens with one attached hydrogen (secondary N) is 1. The van der Waals surface area contributed by atoms with E-state index in [2.05, 4.69) is 19.6 Å². The van der Waals surface area contributed by atoms with Crippen LogP contribution in [-0.4, -0.2) is 64.6 Å². The molecule has 0 amide bonds.